The Labute approximate surface area is 174 Å². The highest BCUT2D eigenvalue weighted by Crippen LogP contribution is 2.35. The van der Waals surface area contributed by atoms with E-state index in [-0.39, 0.29) is 28.2 Å². The van der Waals surface area contributed by atoms with E-state index in [0.717, 1.165) is 12.1 Å². The molecule has 0 saturated carbocycles. The first-order valence-electron chi connectivity index (χ1n) is 9.35. The summed E-state index contributed by atoms with van der Waals surface area (Å²) in [6, 6.07) is 7.41. The van der Waals surface area contributed by atoms with Crippen molar-refractivity contribution in [1.29, 1.82) is 0 Å². The van der Waals surface area contributed by atoms with Crippen LogP contribution < -0.4 is 10.2 Å². The van der Waals surface area contributed by atoms with Gasteiger partial charge in [-0.1, -0.05) is 0 Å². The third-order valence-electron chi connectivity index (χ3n) is 5.10. The van der Waals surface area contributed by atoms with Crippen molar-refractivity contribution in [1.82, 2.24) is 0 Å². The van der Waals surface area contributed by atoms with Crippen LogP contribution in [0.5, 0.6) is 23.0 Å². The van der Waals surface area contributed by atoms with Crippen LogP contribution in [0.15, 0.2) is 45.6 Å². The summed E-state index contributed by atoms with van der Waals surface area (Å²) >= 11 is 0. The maximum absolute atomic E-state index is 12.5. The zero-order valence-electron chi connectivity index (χ0n) is 16.2. The number of fused-ring (bicyclic) bond motifs is 1. The normalized spacial score (nSPS) is 26.1. The van der Waals surface area contributed by atoms with E-state index >= 15 is 0 Å². The van der Waals surface area contributed by atoms with E-state index in [0.29, 0.717) is 5.56 Å². The summed E-state index contributed by atoms with van der Waals surface area (Å²) < 4.78 is 16.6. The van der Waals surface area contributed by atoms with Crippen molar-refractivity contribution in [2.24, 2.45) is 0 Å². The first kappa shape index (κ1) is 20.9. The molecule has 1 aliphatic heterocycles. The van der Waals surface area contributed by atoms with Gasteiger partial charge >= 0.3 is 0 Å². The Hall–Kier alpha value is -3.31. The number of rotatable bonds is 3. The number of hydrogen-bond acceptors (Lipinski definition) is 10. The Kier molecular flexibility index (Phi) is 5.23. The molecule has 2 heterocycles. The number of aliphatic hydroxyl groups is 3. The lowest BCUT2D eigenvalue weighted by molar-refractivity contribution is -0.268. The first-order chi connectivity index (χ1) is 14.7. The lowest BCUT2D eigenvalue weighted by Crippen LogP contribution is -2.58. The van der Waals surface area contributed by atoms with Crippen molar-refractivity contribution in [3.8, 4) is 34.3 Å². The summed E-state index contributed by atoms with van der Waals surface area (Å²) in [5.41, 5.74) is -0.310. The SMILES string of the molecule is C[C@@H]1O[C@@H](Oc2cc(O)c3c(=O)cc(-c4ccc(O)c(O)c4)oc3c2)[C@H](O)[C@H](O)[C@H]1O. The predicted molar refractivity (Wildman–Crippen MR) is 106 cm³/mol. The van der Waals surface area contributed by atoms with Gasteiger partial charge in [0.25, 0.3) is 0 Å². The summed E-state index contributed by atoms with van der Waals surface area (Å²) in [5, 5.41) is 59.2. The molecule has 2 aromatic carbocycles. The van der Waals surface area contributed by atoms with Crippen LogP contribution in [0.4, 0.5) is 0 Å². The van der Waals surface area contributed by atoms with Gasteiger partial charge in [-0.15, -0.1) is 0 Å². The van der Waals surface area contributed by atoms with Gasteiger partial charge in [0.1, 0.15) is 46.5 Å². The highest BCUT2D eigenvalue weighted by atomic mass is 16.7. The van der Waals surface area contributed by atoms with Crippen LogP contribution in [-0.2, 0) is 4.74 Å². The molecule has 0 bridgehead atoms. The summed E-state index contributed by atoms with van der Waals surface area (Å²) in [6.45, 7) is 1.49. The van der Waals surface area contributed by atoms with Crippen LogP contribution in [0.1, 0.15) is 6.92 Å². The zero-order chi connectivity index (χ0) is 22.4. The smallest absolute Gasteiger partial charge is 0.229 e. The molecular weight excluding hydrogens is 412 g/mol. The molecule has 1 fully saturated rings. The van der Waals surface area contributed by atoms with Crippen molar-refractivity contribution < 1.29 is 44.5 Å². The molecule has 164 valence electrons. The van der Waals surface area contributed by atoms with Gasteiger partial charge in [-0.2, -0.15) is 0 Å². The largest absolute Gasteiger partial charge is 0.507 e. The van der Waals surface area contributed by atoms with Crippen LogP contribution >= 0.6 is 0 Å². The Morgan fingerprint density at radius 3 is 2.32 bits per heavy atom. The first-order valence-corrected chi connectivity index (χ1v) is 9.35. The fourth-order valence-corrected chi connectivity index (χ4v) is 3.38. The number of ether oxygens (including phenoxy) is 2. The van der Waals surface area contributed by atoms with Crippen molar-refractivity contribution in [2.75, 3.05) is 0 Å². The monoisotopic (exact) mass is 432 g/mol. The van der Waals surface area contributed by atoms with Gasteiger partial charge < -0.3 is 44.5 Å². The molecule has 1 saturated heterocycles. The molecule has 5 atom stereocenters. The van der Waals surface area contributed by atoms with E-state index in [1.54, 1.807) is 0 Å². The fourth-order valence-electron chi connectivity index (χ4n) is 3.38. The van der Waals surface area contributed by atoms with Crippen LogP contribution in [0, 0.1) is 0 Å². The third-order valence-corrected chi connectivity index (χ3v) is 5.10. The Bertz CT molecular complexity index is 1190. The van der Waals surface area contributed by atoms with Gasteiger partial charge in [-0.05, 0) is 25.1 Å². The topological polar surface area (TPSA) is 170 Å². The summed E-state index contributed by atoms with van der Waals surface area (Å²) in [7, 11) is 0. The van der Waals surface area contributed by atoms with Crippen molar-refractivity contribution in [3.05, 3.63) is 46.6 Å². The lowest BCUT2D eigenvalue weighted by atomic mass is 10.00. The van der Waals surface area contributed by atoms with Crippen molar-refractivity contribution >= 4 is 11.0 Å². The van der Waals surface area contributed by atoms with Gasteiger partial charge in [0.2, 0.25) is 6.29 Å². The van der Waals surface area contributed by atoms with Crippen LogP contribution in [-0.4, -0.2) is 61.3 Å². The summed E-state index contributed by atoms with van der Waals surface area (Å²) in [6.07, 6.45) is -6.56. The van der Waals surface area contributed by atoms with E-state index in [1.165, 1.54) is 31.2 Å². The molecular formula is C21H20O10. The number of phenols is 3. The molecule has 0 aliphatic carbocycles. The molecule has 10 nitrogen and oxygen atoms in total. The van der Waals surface area contributed by atoms with E-state index in [4.69, 9.17) is 13.9 Å². The predicted octanol–water partition coefficient (Wildman–Crippen LogP) is 0.783. The van der Waals surface area contributed by atoms with E-state index < -0.39 is 47.6 Å². The number of hydrogen-bond donors (Lipinski definition) is 6. The maximum Gasteiger partial charge on any atom is 0.229 e. The molecule has 0 amide bonds. The molecule has 10 heteroatoms. The lowest BCUT2D eigenvalue weighted by Gasteiger charge is -2.38. The second-order valence-corrected chi connectivity index (χ2v) is 7.29. The number of phenolic OH excluding ortho intramolecular Hbond substituents is 3. The third kappa shape index (κ3) is 3.77. The second-order valence-electron chi connectivity index (χ2n) is 7.29. The Morgan fingerprint density at radius 1 is 0.871 bits per heavy atom. The van der Waals surface area contributed by atoms with Crippen molar-refractivity contribution in [3.63, 3.8) is 0 Å². The standard InChI is InChI=1S/C21H20O10/c1-8-18(26)19(27)20(28)21(29-8)30-10-5-13(24)17-14(25)7-15(31-16(17)6-10)9-2-3-11(22)12(23)4-9/h2-8,18-24,26-28H,1H3/t8-,18-,19+,20+,21-/m0/s1. The Morgan fingerprint density at radius 2 is 1.61 bits per heavy atom. The highest BCUT2D eigenvalue weighted by Gasteiger charge is 2.43. The van der Waals surface area contributed by atoms with Crippen LogP contribution in [0.2, 0.25) is 0 Å². The zero-order valence-corrected chi connectivity index (χ0v) is 16.2. The molecule has 4 rings (SSSR count). The molecule has 1 aliphatic rings. The molecule has 1 aromatic heterocycles. The molecule has 31 heavy (non-hydrogen) atoms. The molecule has 0 unspecified atom stereocenters. The van der Waals surface area contributed by atoms with Crippen LogP contribution in [0.25, 0.3) is 22.3 Å². The van der Waals surface area contributed by atoms with Gasteiger partial charge in [0.15, 0.2) is 16.9 Å². The minimum Gasteiger partial charge on any atom is -0.507 e. The van der Waals surface area contributed by atoms with E-state index in [2.05, 4.69) is 0 Å². The van der Waals surface area contributed by atoms with Crippen LogP contribution in [0.3, 0.4) is 0 Å². The number of aliphatic hydroxyl groups excluding tert-OH is 3. The molecule has 0 spiro atoms. The molecule has 6 N–H and O–H groups in total. The van der Waals surface area contributed by atoms with E-state index in [9.17, 15) is 35.4 Å². The van der Waals surface area contributed by atoms with Gasteiger partial charge in [0.05, 0.1) is 6.10 Å². The number of benzene rings is 2. The minimum atomic E-state index is -1.57. The molecule has 0 radical (unpaired) electrons. The average molecular weight is 432 g/mol. The Balaban J connectivity index is 1.73. The quantitative estimate of drug-likeness (QED) is 0.325. The maximum atomic E-state index is 12.5. The number of aromatic hydroxyl groups is 3. The molecule has 3 aromatic rings. The van der Waals surface area contributed by atoms with Crippen molar-refractivity contribution in [2.45, 2.75) is 37.6 Å². The fraction of sp³-hybridized carbons (Fsp3) is 0.286. The second kappa shape index (κ2) is 7.75. The minimum absolute atomic E-state index is 0.0290. The van der Waals surface area contributed by atoms with Gasteiger partial charge in [-0.3, -0.25) is 4.79 Å². The summed E-state index contributed by atoms with van der Waals surface area (Å²) in [4.78, 5) is 12.5. The van der Waals surface area contributed by atoms with Gasteiger partial charge in [0, 0.05) is 23.8 Å². The highest BCUT2D eigenvalue weighted by molar-refractivity contribution is 5.86. The van der Waals surface area contributed by atoms with Gasteiger partial charge in [-0.25, -0.2) is 0 Å². The van der Waals surface area contributed by atoms with E-state index in [1.807, 2.05) is 0 Å². The average Bonchev–Trinajstić information content (AvgIpc) is 2.71. The summed E-state index contributed by atoms with van der Waals surface area (Å²) in [5.74, 6) is -1.16.